The Bertz CT molecular complexity index is 964. The van der Waals surface area contributed by atoms with Gasteiger partial charge in [-0.25, -0.2) is 4.39 Å². The van der Waals surface area contributed by atoms with Crippen LogP contribution in [0.25, 0.3) is 11.4 Å². The van der Waals surface area contributed by atoms with Crippen molar-refractivity contribution in [2.45, 2.75) is 36.9 Å². The minimum atomic E-state index is -0.321. The number of rotatable bonds is 6. The topological polar surface area (TPSA) is 71.3 Å². The maximum atomic E-state index is 14.3. The highest BCUT2D eigenvalue weighted by molar-refractivity contribution is 7.99. The molecule has 30 heavy (non-hydrogen) atoms. The predicted molar refractivity (Wildman–Crippen MR) is 110 cm³/mol. The number of carbonyl (C=O) groups excluding carboxylic acids is 2. The highest BCUT2D eigenvalue weighted by atomic mass is 32.2. The Morgan fingerprint density at radius 3 is 2.37 bits per heavy atom. The molecule has 2 amide bonds. The molecule has 0 atom stereocenters. The van der Waals surface area contributed by atoms with E-state index in [1.54, 1.807) is 18.2 Å². The van der Waals surface area contributed by atoms with Crippen molar-refractivity contribution in [3.05, 3.63) is 30.1 Å². The smallest absolute Gasteiger partial charge is 0.233 e. The Balaban J connectivity index is 1.22. The van der Waals surface area contributed by atoms with Gasteiger partial charge in [-0.05, 0) is 37.8 Å². The van der Waals surface area contributed by atoms with Gasteiger partial charge in [0.05, 0.1) is 11.3 Å². The van der Waals surface area contributed by atoms with Crippen LogP contribution in [0, 0.1) is 11.7 Å². The molecule has 0 bridgehead atoms. The van der Waals surface area contributed by atoms with E-state index in [1.165, 1.54) is 17.8 Å². The average molecular weight is 430 g/mol. The minimum Gasteiger partial charge on any atom is -0.339 e. The summed E-state index contributed by atoms with van der Waals surface area (Å²) in [7, 11) is 0. The summed E-state index contributed by atoms with van der Waals surface area (Å²) < 4.78 is 16.2. The van der Waals surface area contributed by atoms with Gasteiger partial charge in [-0.15, -0.1) is 10.2 Å². The van der Waals surface area contributed by atoms with Crippen molar-refractivity contribution in [3.63, 3.8) is 0 Å². The van der Waals surface area contributed by atoms with Crippen LogP contribution in [0.3, 0.4) is 0 Å². The lowest BCUT2D eigenvalue weighted by Crippen LogP contribution is -2.51. The Morgan fingerprint density at radius 2 is 1.70 bits per heavy atom. The number of hydrogen-bond donors (Lipinski definition) is 0. The summed E-state index contributed by atoms with van der Waals surface area (Å²) >= 11 is 1.36. The SMILES string of the molecule is O=C(CSc1nnc(-c2ccccc2F)n1C1CC1)N1CCN(C(=O)C2CC2)CC1. The molecule has 7 nitrogen and oxygen atoms in total. The van der Waals surface area contributed by atoms with Gasteiger partial charge >= 0.3 is 0 Å². The molecule has 0 unspecified atom stereocenters. The molecule has 2 aliphatic carbocycles. The molecular weight excluding hydrogens is 405 g/mol. The summed E-state index contributed by atoms with van der Waals surface area (Å²) in [5.41, 5.74) is 0.437. The van der Waals surface area contributed by atoms with Crippen LogP contribution < -0.4 is 0 Å². The van der Waals surface area contributed by atoms with E-state index in [2.05, 4.69) is 10.2 Å². The number of piperazine rings is 1. The lowest BCUT2D eigenvalue weighted by molar-refractivity contribution is -0.139. The number of amides is 2. The van der Waals surface area contributed by atoms with Crippen molar-refractivity contribution >= 4 is 23.6 Å². The molecule has 0 N–H and O–H groups in total. The summed E-state index contributed by atoms with van der Waals surface area (Å²) in [6.07, 6.45) is 4.03. The van der Waals surface area contributed by atoms with Crippen molar-refractivity contribution in [2.75, 3.05) is 31.9 Å². The largest absolute Gasteiger partial charge is 0.339 e. The zero-order valence-electron chi connectivity index (χ0n) is 16.7. The monoisotopic (exact) mass is 429 g/mol. The lowest BCUT2D eigenvalue weighted by Gasteiger charge is -2.34. The van der Waals surface area contributed by atoms with Gasteiger partial charge in [0, 0.05) is 38.1 Å². The number of halogens is 1. The van der Waals surface area contributed by atoms with Crippen LogP contribution in [0.2, 0.25) is 0 Å². The van der Waals surface area contributed by atoms with Crippen LogP contribution >= 0.6 is 11.8 Å². The van der Waals surface area contributed by atoms with Crippen molar-refractivity contribution < 1.29 is 14.0 Å². The molecule has 2 aromatic rings. The van der Waals surface area contributed by atoms with Crippen LogP contribution in [-0.2, 0) is 9.59 Å². The van der Waals surface area contributed by atoms with Crippen LogP contribution in [0.1, 0.15) is 31.7 Å². The zero-order chi connectivity index (χ0) is 20.7. The lowest BCUT2D eigenvalue weighted by atomic mass is 10.2. The van der Waals surface area contributed by atoms with E-state index >= 15 is 0 Å². The summed E-state index contributed by atoms with van der Waals surface area (Å²) in [5, 5.41) is 9.15. The van der Waals surface area contributed by atoms with E-state index in [0.717, 1.165) is 25.7 Å². The standard InChI is InChI=1S/C21H24FN5O2S/c22-17-4-2-1-3-16(17)19-23-24-21(27(19)15-7-8-15)30-13-18(28)25-9-11-26(12-10-25)20(29)14-5-6-14/h1-4,14-15H,5-13H2. The number of benzene rings is 1. The van der Waals surface area contributed by atoms with Crippen LogP contribution in [0.15, 0.2) is 29.4 Å². The number of carbonyl (C=O) groups is 2. The molecule has 3 fully saturated rings. The number of thioether (sulfide) groups is 1. The van der Waals surface area contributed by atoms with Crippen molar-refractivity contribution in [1.82, 2.24) is 24.6 Å². The van der Waals surface area contributed by atoms with Gasteiger partial charge in [0.1, 0.15) is 5.82 Å². The first kappa shape index (κ1) is 19.5. The predicted octanol–water partition coefficient (Wildman–Crippen LogP) is 2.59. The molecule has 2 saturated carbocycles. The Hall–Kier alpha value is -2.42. The third kappa shape index (κ3) is 3.95. The molecule has 2 heterocycles. The molecule has 9 heteroatoms. The van der Waals surface area contributed by atoms with Gasteiger partial charge in [-0.2, -0.15) is 0 Å². The molecule has 1 aromatic heterocycles. The fraction of sp³-hybridized carbons (Fsp3) is 0.524. The Kier molecular flexibility index (Phi) is 5.22. The van der Waals surface area contributed by atoms with Crippen LogP contribution in [0.4, 0.5) is 4.39 Å². The molecule has 1 saturated heterocycles. The van der Waals surface area contributed by atoms with Crippen LogP contribution in [-0.4, -0.2) is 68.3 Å². The summed E-state index contributed by atoms with van der Waals surface area (Å²) in [6.45, 7) is 2.38. The quantitative estimate of drug-likeness (QED) is 0.660. The van der Waals surface area contributed by atoms with Gasteiger partial charge in [-0.3, -0.25) is 14.2 Å². The Morgan fingerprint density at radius 1 is 1.00 bits per heavy atom. The fourth-order valence-electron chi connectivity index (χ4n) is 3.85. The van der Waals surface area contributed by atoms with E-state index < -0.39 is 0 Å². The second kappa shape index (κ2) is 8.02. The first-order valence-corrected chi connectivity index (χ1v) is 11.5. The Labute approximate surface area is 178 Å². The summed E-state index contributed by atoms with van der Waals surface area (Å²) in [4.78, 5) is 28.6. The van der Waals surface area contributed by atoms with Gasteiger partial charge < -0.3 is 9.80 Å². The van der Waals surface area contributed by atoms with E-state index in [-0.39, 0.29) is 35.3 Å². The minimum absolute atomic E-state index is 0.0382. The summed E-state index contributed by atoms with van der Waals surface area (Å²) in [5.74, 6) is 0.973. The van der Waals surface area contributed by atoms with Crippen molar-refractivity contribution in [1.29, 1.82) is 0 Å². The molecular formula is C21H24FN5O2S. The third-order valence-electron chi connectivity index (χ3n) is 5.89. The number of nitrogens with zero attached hydrogens (tertiary/aromatic N) is 5. The molecule has 0 radical (unpaired) electrons. The first-order chi connectivity index (χ1) is 14.6. The molecule has 5 rings (SSSR count). The fourth-order valence-corrected chi connectivity index (χ4v) is 4.75. The van der Waals surface area contributed by atoms with E-state index in [4.69, 9.17) is 0 Å². The molecule has 0 spiro atoms. The van der Waals surface area contributed by atoms with Gasteiger partial charge in [0.15, 0.2) is 11.0 Å². The average Bonchev–Trinajstić information content (AvgIpc) is 3.70. The van der Waals surface area contributed by atoms with E-state index in [9.17, 15) is 14.0 Å². The van der Waals surface area contributed by atoms with Gasteiger partial charge in [0.25, 0.3) is 0 Å². The highest BCUT2D eigenvalue weighted by Gasteiger charge is 2.35. The zero-order valence-corrected chi connectivity index (χ0v) is 17.5. The van der Waals surface area contributed by atoms with Gasteiger partial charge in [-0.1, -0.05) is 23.9 Å². The molecule has 1 aromatic carbocycles. The molecule has 3 aliphatic rings. The maximum absolute atomic E-state index is 14.3. The molecule has 1 aliphatic heterocycles. The van der Waals surface area contributed by atoms with E-state index in [1.807, 2.05) is 14.4 Å². The van der Waals surface area contributed by atoms with Crippen molar-refractivity contribution in [2.24, 2.45) is 5.92 Å². The maximum Gasteiger partial charge on any atom is 0.233 e. The first-order valence-electron chi connectivity index (χ1n) is 10.5. The number of aromatic nitrogens is 3. The summed E-state index contributed by atoms with van der Waals surface area (Å²) in [6, 6.07) is 6.84. The van der Waals surface area contributed by atoms with E-state index in [0.29, 0.717) is 42.7 Å². The third-order valence-corrected chi connectivity index (χ3v) is 6.81. The van der Waals surface area contributed by atoms with Crippen LogP contribution in [0.5, 0.6) is 0 Å². The van der Waals surface area contributed by atoms with Crippen molar-refractivity contribution in [3.8, 4) is 11.4 Å². The second-order valence-corrected chi connectivity index (χ2v) is 9.10. The molecule has 158 valence electrons. The second-order valence-electron chi connectivity index (χ2n) is 8.16. The normalized spacial score (nSPS) is 19.2. The van der Waals surface area contributed by atoms with Gasteiger partial charge in [0.2, 0.25) is 11.8 Å². The number of hydrogen-bond acceptors (Lipinski definition) is 5. The highest BCUT2D eigenvalue weighted by Crippen LogP contribution is 2.41.